The van der Waals surface area contributed by atoms with Gasteiger partial charge in [-0.05, 0) is 0 Å². The zero-order chi connectivity index (χ0) is 11.4. The Morgan fingerprint density at radius 1 is 1.67 bits per heavy atom. The van der Waals surface area contributed by atoms with Gasteiger partial charge in [0, 0.05) is 6.54 Å². The number of nitrogens with zero attached hydrogens (tertiary/aromatic N) is 1. The zero-order valence-electron chi connectivity index (χ0n) is 7.90. The standard InChI is InChI=1S/C7H13NO6S/c9-5(4-15(12)13)6-3-8(7(10)11)1-2-14-6/h5-6,9H,1-4H2,(H,10,11)(H,12,13)/t5?,6-/m0/s1. The summed E-state index contributed by atoms with van der Waals surface area (Å²) in [6.07, 6.45) is -2.94. The highest BCUT2D eigenvalue weighted by Gasteiger charge is 2.29. The molecule has 3 atom stereocenters. The minimum absolute atomic E-state index is 0.0215. The Balaban J connectivity index is 2.48. The molecule has 15 heavy (non-hydrogen) atoms. The Hall–Kier alpha value is -0.700. The number of ether oxygens (including phenoxy) is 1. The molecule has 7 nitrogen and oxygen atoms in total. The molecule has 0 bridgehead atoms. The summed E-state index contributed by atoms with van der Waals surface area (Å²) in [5.41, 5.74) is 0. The molecule has 1 fully saturated rings. The van der Waals surface area contributed by atoms with Gasteiger partial charge in [-0.15, -0.1) is 0 Å². The molecule has 1 amide bonds. The number of hydrogen-bond donors (Lipinski definition) is 3. The van der Waals surface area contributed by atoms with Gasteiger partial charge < -0.3 is 24.4 Å². The Labute approximate surface area is 88.9 Å². The summed E-state index contributed by atoms with van der Waals surface area (Å²) in [7, 11) is 0. The number of hydrogen-bond acceptors (Lipinski definition) is 4. The molecule has 1 aliphatic heterocycles. The topological polar surface area (TPSA) is 107 Å². The van der Waals surface area contributed by atoms with E-state index >= 15 is 0 Å². The van der Waals surface area contributed by atoms with E-state index in [1.54, 1.807) is 0 Å². The lowest BCUT2D eigenvalue weighted by molar-refractivity contribution is -0.0750. The molecule has 8 heteroatoms. The van der Waals surface area contributed by atoms with Gasteiger partial charge >= 0.3 is 6.09 Å². The van der Waals surface area contributed by atoms with Gasteiger partial charge in [0.15, 0.2) is 11.1 Å². The van der Waals surface area contributed by atoms with E-state index in [1.165, 1.54) is 0 Å². The molecular weight excluding hydrogens is 226 g/mol. The Morgan fingerprint density at radius 2 is 2.33 bits per heavy atom. The van der Waals surface area contributed by atoms with Gasteiger partial charge in [0.25, 0.3) is 0 Å². The monoisotopic (exact) mass is 239 g/mol. The molecule has 0 saturated carbocycles. The van der Waals surface area contributed by atoms with E-state index in [4.69, 9.17) is 14.4 Å². The summed E-state index contributed by atoms with van der Waals surface area (Å²) < 4.78 is 24.1. The Bertz CT molecular complexity index is 260. The molecular formula is C7H13NO6S. The maximum absolute atomic E-state index is 10.6. The average Bonchev–Trinajstić information content (AvgIpc) is 2.17. The molecule has 1 heterocycles. The molecule has 0 aromatic carbocycles. The average molecular weight is 239 g/mol. The van der Waals surface area contributed by atoms with Crippen LogP contribution in [0.3, 0.4) is 0 Å². The molecule has 2 unspecified atom stereocenters. The molecule has 88 valence electrons. The fourth-order valence-electron chi connectivity index (χ4n) is 1.34. The van der Waals surface area contributed by atoms with E-state index in [-0.39, 0.29) is 25.4 Å². The van der Waals surface area contributed by atoms with Gasteiger partial charge in [0.2, 0.25) is 0 Å². The van der Waals surface area contributed by atoms with Gasteiger partial charge in [-0.3, -0.25) is 0 Å². The molecule has 0 radical (unpaired) electrons. The number of carbonyl (C=O) groups is 1. The van der Waals surface area contributed by atoms with Crippen LogP contribution in [0.5, 0.6) is 0 Å². The van der Waals surface area contributed by atoms with Crippen molar-refractivity contribution in [2.24, 2.45) is 0 Å². The fourth-order valence-corrected chi connectivity index (χ4v) is 1.84. The van der Waals surface area contributed by atoms with Crippen LogP contribution in [0.1, 0.15) is 0 Å². The first-order valence-electron chi connectivity index (χ1n) is 4.35. The largest absolute Gasteiger partial charge is 0.465 e. The number of aliphatic hydroxyl groups excluding tert-OH is 1. The van der Waals surface area contributed by atoms with Crippen molar-refractivity contribution >= 4 is 17.2 Å². The molecule has 0 aromatic rings. The number of rotatable bonds is 3. The van der Waals surface area contributed by atoms with E-state index in [2.05, 4.69) is 0 Å². The van der Waals surface area contributed by atoms with Gasteiger partial charge in [0.05, 0.1) is 25.0 Å². The van der Waals surface area contributed by atoms with Crippen molar-refractivity contribution in [3.63, 3.8) is 0 Å². The molecule has 1 rings (SSSR count). The predicted octanol–water partition coefficient (Wildman–Crippen LogP) is -1.05. The smallest absolute Gasteiger partial charge is 0.407 e. The van der Waals surface area contributed by atoms with Gasteiger partial charge in [-0.1, -0.05) is 0 Å². The van der Waals surface area contributed by atoms with E-state index < -0.39 is 29.4 Å². The first kappa shape index (κ1) is 12.4. The number of morpholine rings is 1. The molecule has 1 aliphatic rings. The van der Waals surface area contributed by atoms with Crippen LogP contribution in [-0.4, -0.2) is 67.6 Å². The zero-order valence-corrected chi connectivity index (χ0v) is 8.72. The number of carboxylic acid groups (broad SMARTS) is 1. The van der Waals surface area contributed by atoms with Crippen LogP contribution in [0.25, 0.3) is 0 Å². The summed E-state index contributed by atoms with van der Waals surface area (Å²) in [5, 5.41) is 18.1. The minimum Gasteiger partial charge on any atom is -0.465 e. The second-order valence-electron chi connectivity index (χ2n) is 3.19. The molecule has 0 spiro atoms. The van der Waals surface area contributed by atoms with Gasteiger partial charge in [-0.25, -0.2) is 9.00 Å². The van der Waals surface area contributed by atoms with Crippen LogP contribution in [0.2, 0.25) is 0 Å². The molecule has 0 aliphatic carbocycles. The normalized spacial score (nSPS) is 26.0. The maximum Gasteiger partial charge on any atom is 0.407 e. The van der Waals surface area contributed by atoms with Crippen molar-refractivity contribution in [2.45, 2.75) is 12.2 Å². The third kappa shape index (κ3) is 3.74. The van der Waals surface area contributed by atoms with Crippen molar-refractivity contribution in [3.8, 4) is 0 Å². The summed E-state index contributed by atoms with van der Waals surface area (Å²) in [5.74, 6) is -0.335. The lowest BCUT2D eigenvalue weighted by atomic mass is 10.2. The first-order valence-corrected chi connectivity index (χ1v) is 5.63. The van der Waals surface area contributed by atoms with Crippen molar-refractivity contribution < 1.29 is 28.5 Å². The van der Waals surface area contributed by atoms with E-state index in [0.717, 1.165) is 4.90 Å². The summed E-state index contributed by atoms with van der Waals surface area (Å²) >= 11 is -2.12. The fraction of sp³-hybridized carbons (Fsp3) is 0.857. The number of amides is 1. The van der Waals surface area contributed by atoms with E-state index in [0.29, 0.717) is 0 Å². The van der Waals surface area contributed by atoms with Crippen LogP contribution < -0.4 is 0 Å². The van der Waals surface area contributed by atoms with Gasteiger partial charge in [0.1, 0.15) is 6.10 Å². The second-order valence-corrected chi connectivity index (χ2v) is 4.17. The lowest BCUT2D eigenvalue weighted by Gasteiger charge is -2.33. The quantitative estimate of drug-likeness (QED) is 0.542. The van der Waals surface area contributed by atoms with Crippen molar-refractivity contribution in [1.29, 1.82) is 0 Å². The lowest BCUT2D eigenvalue weighted by Crippen LogP contribution is -2.50. The SMILES string of the molecule is O=C(O)N1CCO[C@H](C(O)CS(=O)O)C1. The third-order valence-electron chi connectivity index (χ3n) is 2.11. The van der Waals surface area contributed by atoms with Crippen LogP contribution in [0.15, 0.2) is 0 Å². The summed E-state index contributed by atoms with van der Waals surface area (Å²) in [6, 6.07) is 0. The first-order chi connectivity index (χ1) is 7.00. The summed E-state index contributed by atoms with van der Waals surface area (Å²) in [6.45, 7) is 0.459. The van der Waals surface area contributed by atoms with Crippen LogP contribution in [0.4, 0.5) is 4.79 Å². The third-order valence-corrected chi connectivity index (χ3v) is 2.73. The van der Waals surface area contributed by atoms with Crippen molar-refractivity contribution in [3.05, 3.63) is 0 Å². The highest BCUT2D eigenvalue weighted by molar-refractivity contribution is 7.79. The minimum atomic E-state index is -2.12. The highest BCUT2D eigenvalue weighted by atomic mass is 32.2. The van der Waals surface area contributed by atoms with Crippen LogP contribution in [-0.2, 0) is 15.8 Å². The van der Waals surface area contributed by atoms with Gasteiger partial charge in [-0.2, -0.15) is 0 Å². The van der Waals surface area contributed by atoms with E-state index in [9.17, 15) is 14.1 Å². The molecule has 3 N–H and O–H groups in total. The molecule has 0 aromatic heterocycles. The highest BCUT2D eigenvalue weighted by Crippen LogP contribution is 2.09. The Morgan fingerprint density at radius 3 is 2.87 bits per heavy atom. The molecule has 1 saturated heterocycles. The maximum atomic E-state index is 10.6. The summed E-state index contributed by atoms with van der Waals surface area (Å²) in [4.78, 5) is 11.7. The van der Waals surface area contributed by atoms with Crippen LogP contribution >= 0.6 is 0 Å². The van der Waals surface area contributed by atoms with Crippen molar-refractivity contribution in [1.82, 2.24) is 4.90 Å². The van der Waals surface area contributed by atoms with E-state index in [1.807, 2.05) is 0 Å². The van der Waals surface area contributed by atoms with Crippen LogP contribution in [0, 0.1) is 0 Å². The Kier molecular flexibility index (Phi) is 4.45. The predicted molar refractivity (Wildman–Crippen MR) is 51.0 cm³/mol. The second kappa shape index (κ2) is 5.40. The number of aliphatic hydroxyl groups is 1. The van der Waals surface area contributed by atoms with Crippen molar-refractivity contribution in [2.75, 3.05) is 25.4 Å².